The van der Waals surface area contributed by atoms with Gasteiger partial charge in [0.25, 0.3) is 5.69 Å². The number of nitro groups is 1. The van der Waals surface area contributed by atoms with E-state index < -0.39 is 14.9 Å². The van der Waals surface area contributed by atoms with Crippen LogP contribution in [0.25, 0.3) is 0 Å². The van der Waals surface area contributed by atoms with Gasteiger partial charge in [0, 0.05) is 29.8 Å². The quantitative estimate of drug-likeness (QED) is 0.385. The average molecular weight is 397 g/mol. The molecule has 0 saturated heterocycles. The Kier molecular flexibility index (Phi) is 7.36. The number of nitrogens with one attached hydrogen (secondary N) is 1. The molecule has 0 aromatic heterocycles. The zero-order chi connectivity index (χ0) is 16.8. The fourth-order valence-corrected chi connectivity index (χ4v) is 3.22. The first kappa shape index (κ1) is 19.0. The first-order chi connectivity index (χ1) is 10.3. The van der Waals surface area contributed by atoms with Crippen molar-refractivity contribution < 1.29 is 22.8 Å². The highest BCUT2D eigenvalue weighted by Crippen LogP contribution is 2.29. The largest absolute Gasteiger partial charge is 0.382 e. The summed E-state index contributed by atoms with van der Waals surface area (Å²) >= 11 is 3.13. The summed E-state index contributed by atoms with van der Waals surface area (Å²) in [7, 11) is -2.31. The molecule has 0 fully saturated rings. The molecule has 22 heavy (non-hydrogen) atoms. The van der Waals surface area contributed by atoms with E-state index in [0.29, 0.717) is 23.2 Å². The zero-order valence-electron chi connectivity index (χ0n) is 12.2. The Balaban J connectivity index is 2.79. The monoisotopic (exact) mass is 396 g/mol. The molecule has 0 spiro atoms. The van der Waals surface area contributed by atoms with Crippen molar-refractivity contribution in [2.45, 2.75) is 11.8 Å². The van der Waals surface area contributed by atoms with Crippen LogP contribution in [0.15, 0.2) is 21.5 Å². The molecule has 1 aromatic carbocycles. The summed E-state index contributed by atoms with van der Waals surface area (Å²) in [5.41, 5.74) is 0.109. The van der Waals surface area contributed by atoms with Gasteiger partial charge >= 0.3 is 0 Å². The van der Waals surface area contributed by atoms with E-state index in [9.17, 15) is 18.5 Å². The summed E-state index contributed by atoms with van der Waals surface area (Å²) in [6.45, 7) is 2.56. The summed E-state index contributed by atoms with van der Waals surface area (Å²) in [5, 5.41) is 11.0. The number of ether oxygens (including phenoxy) is 2. The second-order valence-corrected chi connectivity index (χ2v) is 6.93. The van der Waals surface area contributed by atoms with E-state index in [-0.39, 0.29) is 23.7 Å². The minimum absolute atomic E-state index is 0.0609. The molecule has 0 heterocycles. The summed E-state index contributed by atoms with van der Waals surface area (Å²) in [5.74, 6) is 0. The Morgan fingerprint density at radius 2 is 2.00 bits per heavy atom. The molecule has 0 saturated carbocycles. The van der Waals surface area contributed by atoms with Gasteiger partial charge in [0.05, 0.1) is 29.6 Å². The van der Waals surface area contributed by atoms with Gasteiger partial charge in [0.1, 0.15) is 0 Å². The molecule has 0 bridgehead atoms. The number of benzene rings is 1. The van der Waals surface area contributed by atoms with Gasteiger partial charge in [0.2, 0.25) is 10.0 Å². The molecule has 1 rings (SSSR count). The van der Waals surface area contributed by atoms with E-state index in [1.54, 1.807) is 0 Å². The molecule has 0 aliphatic rings. The number of halogens is 1. The lowest BCUT2D eigenvalue weighted by atomic mass is 10.2. The van der Waals surface area contributed by atoms with Crippen LogP contribution in [0.2, 0.25) is 0 Å². The molecule has 0 amide bonds. The van der Waals surface area contributed by atoms with Crippen molar-refractivity contribution in [1.82, 2.24) is 4.72 Å². The molecule has 8 nitrogen and oxygen atoms in total. The molecule has 0 unspecified atom stereocenters. The van der Waals surface area contributed by atoms with E-state index in [1.165, 1.54) is 20.1 Å². The number of methoxy groups -OCH3 is 1. The fraction of sp³-hybridized carbons (Fsp3) is 0.500. The molecule has 0 radical (unpaired) electrons. The Hall–Kier alpha value is -1.07. The van der Waals surface area contributed by atoms with Crippen LogP contribution in [0.4, 0.5) is 5.69 Å². The predicted molar refractivity (Wildman–Crippen MR) is 83.4 cm³/mol. The maximum absolute atomic E-state index is 12.1. The predicted octanol–water partition coefficient (Wildman–Crippen LogP) is 1.61. The molecule has 1 N–H and O–H groups in total. The normalized spacial score (nSPS) is 11.6. The Morgan fingerprint density at radius 1 is 1.32 bits per heavy atom. The average Bonchev–Trinajstić information content (AvgIpc) is 2.44. The van der Waals surface area contributed by atoms with Crippen LogP contribution in [-0.4, -0.2) is 46.8 Å². The first-order valence-electron chi connectivity index (χ1n) is 6.30. The van der Waals surface area contributed by atoms with Crippen LogP contribution in [-0.2, 0) is 19.5 Å². The SMILES string of the molecule is COCCOCCNS(=O)(=O)c1cc(Br)c(C)c([N+](=O)[O-])c1. The Labute approximate surface area is 137 Å². The van der Waals surface area contributed by atoms with Crippen molar-refractivity contribution >= 4 is 31.6 Å². The van der Waals surface area contributed by atoms with Crippen LogP contribution in [0.3, 0.4) is 0 Å². The Bertz CT molecular complexity index is 635. The zero-order valence-corrected chi connectivity index (χ0v) is 14.6. The Morgan fingerprint density at radius 3 is 2.59 bits per heavy atom. The van der Waals surface area contributed by atoms with E-state index in [2.05, 4.69) is 20.7 Å². The highest BCUT2D eigenvalue weighted by Gasteiger charge is 2.21. The molecule has 124 valence electrons. The van der Waals surface area contributed by atoms with Gasteiger partial charge in [-0.05, 0) is 13.0 Å². The number of hydrogen-bond acceptors (Lipinski definition) is 6. The number of hydrogen-bond donors (Lipinski definition) is 1. The summed E-state index contributed by atoms with van der Waals surface area (Å²) < 4.78 is 36.9. The molecule has 0 atom stereocenters. The maximum Gasteiger partial charge on any atom is 0.274 e. The van der Waals surface area contributed by atoms with Crippen molar-refractivity contribution in [3.63, 3.8) is 0 Å². The molecule has 1 aromatic rings. The summed E-state index contributed by atoms with van der Waals surface area (Å²) in [6, 6.07) is 2.37. The van der Waals surface area contributed by atoms with Gasteiger partial charge in [-0.1, -0.05) is 15.9 Å². The van der Waals surface area contributed by atoms with Crippen molar-refractivity contribution in [1.29, 1.82) is 0 Å². The maximum atomic E-state index is 12.1. The first-order valence-corrected chi connectivity index (χ1v) is 8.58. The van der Waals surface area contributed by atoms with E-state index in [4.69, 9.17) is 9.47 Å². The number of rotatable bonds is 9. The molecule has 0 aliphatic heterocycles. The standard InChI is InChI=1S/C12H17BrN2O6S/c1-9-11(13)7-10(8-12(9)15(16)17)22(18,19)14-3-4-21-6-5-20-2/h7-8,14H,3-6H2,1-2H3. The third-order valence-corrected chi connectivity index (χ3v) is 5.03. The third kappa shape index (κ3) is 5.29. The second-order valence-electron chi connectivity index (χ2n) is 4.31. The van der Waals surface area contributed by atoms with E-state index >= 15 is 0 Å². The van der Waals surface area contributed by atoms with Crippen LogP contribution in [0.1, 0.15) is 5.56 Å². The molecular weight excluding hydrogens is 380 g/mol. The van der Waals surface area contributed by atoms with Gasteiger partial charge in [0.15, 0.2) is 0 Å². The van der Waals surface area contributed by atoms with Crippen molar-refractivity contribution in [2.24, 2.45) is 0 Å². The van der Waals surface area contributed by atoms with Crippen molar-refractivity contribution in [3.8, 4) is 0 Å². The van der Waals surface area contributed by atoms with Gasteiger partial charge in [-0.25, -0.2) is 13.1 Å². The lowest BCUT2D eigenvalue weighted by Crippen LogP contribution is -2.28. The lowest BCUT2D eigenvalue weighted by Gasteiger charge is -2.09. The van der Waals surface area contributed by atoms with Gasteiger partial charge in [-0.3, -0.25) is 10.1 Å². The topological polar surface area (TPSA) is 108 Å². The molecule has 0 aliphatic carbocycles. The van der Waals surface area contributed by atoms with E-state index in [0.717, 1.165) is 6.07 Å². The summed E-state index contributed by atoms with van der Waals surface area (Å²) in [4.78, 5) is 10.2. The minimum Gasteiger partial charge on any atom is -0.382 e. The second kappa shape index (κ2) is 8.53. The van der Waals surface area contributed by atoms with Gasteiger partial charge < -0.3 is 9.47 Å². The van der Waals surface area contributed by atoms with Crippen molar-refractivity contribution in [2.75, 3.05) is 33.5 Å². The fourth-order valence-electron chi connectivity index (χ4n) is 1.56. The number of sulfonamides is 1. The third-order valence-electron chi connectivity index (χ3n) is 2.77. The van der Waals surface area contributed by atoms with Crippen LogP contribution < -0.4 is 4.72 Å². The summed E-state index contributed by atoms with van der Waals surface area (Å²) in [6.07, 6.45) is 0. The van der Waals surface area contributed by atoms with Gasteiger partial charge in [-0.2, -0.15) is 0 Å². The van der Waals surface area contributed by atoms with Crippen LogP contribution >= 0.6 is 15.9 Å². The molecule has 10 heteroatoms. The smallest absolute Gasteiger partial charge is 0.274 e. The highest BCUT2D eigenvalue weighted by molar-refractivity contribution is 9.10. The highest BCUT2D eigenvalue weighted by atomic mass is 79.9. The number of nitro benzene ring substituents is 1. The number of nitrogens with zero attached hydrogens (tertiary/aromatic N) is 1. The lowest BCUT2D eigenvalue weighted by molar-refractivity contribution is -0.385. The van der Waals surface area contributed by atoms with Crippen LogP contribution in [0.5, 0.6) is 0 Å². The van der Waals surface area contributed by atoms with Crippen LogP contribution in [0, 0.1) is 17.0 Å². The van der Waals surface area contributed by atoms with Crippen molar-refractivity contribution in [3.05, 3.63) is 32.3 Å². The van der Waals surface area contributed by atoms with Gasteiger partial charge in [-0.15, -0.1) is 0 Å². The van der Waals surface area contributed by atoms with E-state index in [1.807, 2.05) is 0 Å². The minimum atomic E-state index is -3.84. The molecular formula is C12H17BrN2O6S.